The number of hydrogen-bond acceptors (Lipinski definition) is 5. The highest BCUT2D eigenvalue weighted by Crippen LogP contribution is 2.44. The van der Waals surface area contributed by atoms with Crippen LogP contribution in [0.2, 0.25) is 0 Å². The summed E-state index contributed by atoms with van der Waals surface area (Å²) >= 11 is 0. The zero-order valence-electron chi connectivity index (χ0n) is 24.6. The number of anilines is 1. The summed E-state index contributed by atoms with van der Waals surface area (Å²) < 4.78 is 29.3. The van der Waals surface area contributed by atoms with Crippen LogP contribution < -0.4 is 10.2 Å². The molecular weight excluding hydrogens is 534 g/mol. The van der Waals surface area contributed by atoms with Gasteiger partial charge in [0.05, 0.1) is 11.7 Å². The summed E-state index contributed by atoms with van der Waals surface area (Å²) in [5.74, 6) is -0.848. The van der Waals surface area contributed by atoms with Crippen molar-refractivity contribution in [3.63, 3.8) is 0 Å². The SMILES string of the molecule is CC1(C)CCC(CN2CC3CCC2CN3c2cc3c(cc2F)CN(C2CCC(=O)NC2=O)C3)=C(c2ccc(F)cc2)C1. The summed E-state index contributed by atoms with van der Waals surface area (Å²) in [5, 5.41) is 2.45. The Morgan fingerprint density at radius 3 is 2.38 bits per heavy atom. The Morgan fingerprint density at radius 2 is 1.67 bits per heavy atom. The van der Waals surface area contributed by atoms with Crippen molar-refractivity contribution in [2.24, 2.45) is 5.41 Å². The Bertz CT molecular complexity index is 1450. The third-order valence-corrected chi connectivity index (χ3v) is 10.4. The van der Waals surface area contributed by atoms with E-state index in [1.54, 1.807) is 18.2 Å². The highest BCUT2D eigenvalue weighted by Gasteiger charge is 2.42. The number of amides is 2. The average molecular weight is 575 g/mol. The highest BCUT2D eigenvalue weighted by atomic mass is 19.1. The fourth-order valence-electron chi connectivity index (χ4n) is 8.02. The van der Waals surface area contributed by atoms with Crippen LogP contribution in [0, 0.1) is 17.0 Å². The van der Waals surface area contributed by atoms with E-state index < -0.39 is 0 Å². The summed E-state index contributed by atoms with van der Waals surface area (Å²) in [7, 11) is 0. The van der Waals surface area contributed by atoms with Gasteiger partial charge in [0.2, 0.25) is 11.8 Å². The number of fused-ring (bicyclic) bond motifs is 4. The van der Waals surface area contributed by atoms with Crippen molar-refractivity contribution in [1.29, 1.82) is 0 Å². The molecule has 222 valence electrons. The first kappa shape index (κ1) is 27.7. The molecule has 4 saturated heterocycles. The van der Waals surface area contributed by atoms with E-state index >= 15 is 4.39 Å². The van der Waals surface area contributed by atoms with Crippen LogP contribution in [0.4, 0.5) is 14.5 Å². The summed E-state index contributed by atoms with van der Waals surface area (Å²) in [4.78, 5) is 31.0. The molecule has 8 heteroatoms. The number of piperidine rings is 3. The van der Waals surface area contributed by atoms with Gasteiger partial charge in [0.15, 0.2) is 0 Å². The van der Waals surface area contributed by atoms with E-state index in [-0.39, 0.29) is 40.9 Å². The van der Waals surface area contributed by atoms with E-state index in [2.05, 4.69) is 33.9 Å². The number of allylic oxidation sites excluding steroid dienone is 1. The standard InChI is InChI=1S/C34H40F2N4O2/c1-34(2)12-11-22(28(15-34)21-3-5-25(35)6-4-21)16-38-19-27-8-7-26(38)20-40(27)31-14-24-18-39(17-23(24)13-29(31)36)30-9-10-32(41)37-33(30)42/h3-6,13-14,26-27,30H,7-12,15-20H2,1-2H3,(H,37,41,42). The molecule has 1 N–H and O–H groups in total. The first-order valence-corrected chi connectivity index (χ1v) is 15.5. The maximum atomic E-state index is 15.6. The number of nitrogens with one attached hydrogen (secondary N) is 1. The number of imide groups is 1. The lowest BCUT2D eigenvalue weighted by molar-refractivity contribution is -0.137. The van der Waals surface area contributed by atoms with E-state index in [1.165, 1.54) is 11.1 Å². The van der Waals surface area contributed by atoms with Gasteiger partial charge < -0.3 is 4.90 Å². The lowest BCUT2D eigenvalue weighted by Crippen LogP contribution is -2.63. The number of carbonyl (C=O) groups excluding carboxylic acids is 2. The smallest absolute Gasteiger partial charge is 0.243 e. The van der Waals surface area contributed by atoms with E-state index in [0.29, 0.717) is 37.7 Å². The van der Waals surface area contributed by atoms with Gasteiger partial charge in [-0.2, -0.15) is 0 Å². The fourth-order valence-corrected chi connectivity index (χ4v) is 8.02. The molecule has 5 aliphatic heterocycles. The third-order valence-electron chi connectivity index (χ3n) is 10.4. The number of halogens is 2. The minimum Gasteiger partial charge on any atom is -0.363 e. The van der Waals surface area contributed by atoms with Crippen LogP contribution >= 0.6 is 0 Å². The van der Waals surface area contributed by atoms with E-state index in [9.17, 15) is 14.0 Å². The monoisotopic (exact) mass is 574 g/mol. The number of carbonyl (C=O) groups is 2. The Labute approximate surface area is 246 Å². The number of hydrogen-bond donors (Lipinski definition) is 1. The van der Waals surface area contributed by atoms with E-state index in [1.807, 2.05) is 18.2 Å². The average Bonchev–Trinajstić information content (AvgIpc) is 3.36. The number of benzene rings is 2. The van der Waals surface area contributed by atoms with Crippen molar-refractivity contribution >= 4 is 23.1 Å². The topological polar surface area (TPSA) is 55.9 Å². The molecule has 4 fully saturated rings. The zero-order valence-corrected chi connectivity index (χ0v) is 24.6. The number of rotatable bonds is 5. The van der Waals surface area contributed by atoms with Crippen LogP contribution in [0.1, 0.15) is 75.5 Å². The Morgan fingerprint density at radius 1 is 0.929 bits per heavy atom. The van der Waals surface area contributed by atoms with Gasteiger partial charge in [-0.3, -0.25) is 24.7 Å². The molecule has 0 aromatic heterocycles. The van der Waals surface area contributed by atoms with Gasteiger partial charge in [-0.1, -0.05) is 31.6 Å². The first-order valence-electron chi connectivity index (χ1n) is 15.5. The molecule has 0 radical (unpaired) electrons. The van der Waals surface area contributed by atoms with Gasteiger partial charge in [0.25, 0.3) is 0 Å². The molecule has 2 aromatic rings. The Kier molecular flexibility index (Phi) is 6.97. The molecule has 6 aliphatic rings. The molecule has 3 atom stereocenters. The van der Waals surface area contributed by atoms with Gasteiger partial charge >= 0.3 is 0 Å². The third kappa shape index (κ3) is 5.17. The van der Waals surface area contributed by atoms with Gasteiger partial charge in [-0.05, 0) is 90.5 Å². The maximum Gasteiger partial charge on any atom is 0.243 e. The summed E-state index contributed by atoms with van der Waals surface area (Å²) in [6.45, 7) is 8.41. The predicted molar refractivity (Wildman–Crippen MR) is 158 cm³/mol. The predicted octanol–water partition coefficient (Wildman–Crippen LogP) is 5.40. The molecule has 5 heterocycles. The minimum absolute atomic E-state index is 0.186. The van der Waals surface area contributed by atoms with Crippen molar-refractivity contribution < 1.29 is 18.4 Å². The van der Waals surface area contributed by atoms with Crippen molar-refractivity contribution in [1.82, 2.24) is 15.1 Å². The Hall–Kier alpha value is -3.10. The van der Waals surface area contributed by atoms with Gasteiger partial charge in [-0.25, -0.2) is 8.78 Å². The highest BCUT2D eigenvalue weighted by molar-refractivity contribution is 6.00. The zero-order chi connectivity index (χ0) is 29.2. The largest absolute Gasteiger partial charge is 0.363 e. The molecule has 6 nitrogen and oxygen atoms in total. The van der Waals surface area contributed by atoms with E-state index in [0.717, 1.165) is 68.4 Å². The molecule has 3 unspecified atom stereocenters. The van der Waals surface area contributed by atoms with E-state index in [4.69, 9.17) is 0 Å². The quantitative estimate of drug-likeness (QED) is 0.485. The number of nitrogens with zero attached hydrogens (tertiary/aromatic N) is 3. The summed E-state index contributed by atoms with van der Waals surface area (Å²) in [6.07, 6.45) is 6.22. The second kappa shape index (κ2) is 10.6. The van der Waals surface area contributed by atoms with Crippen LogP contribution in [0.3, 0.4) is 0 Å². The molecule has 2 aromatic carbocycles. The first-order chi connectivity index (χ1) is 20.1. The lowest BCUT2D eigenvalue weighted by Gasteiger charge is -2.53. The van der Waals surface area contributed by atoms with Crippen LogP contribution in [0.25, 0.3) is 5.57 Å². The van der Waals surface area contributed by atoms with Crippen molar-refractivity contribution in [3.05, 3.63) is 70.3 Å². The minimum atomic E-state index is -0.347. The van der Waals surface area contributed by atoms with Crippen LogP contribution in [-0.4, -0.2) is 59.4 Å². The fraction of sp³-hybridized carbons (Fsp3) is 0.529. The summed E-state index contributed by atoms with van der Waals surface area (Å²) in [6, 6.07) is 10.9. The maximum absolute atomic E-state index is 15.6. The van der Waals surface area contributed by atoms with Crippen molar-refractivity contribution in [3.8, 4) is 0 Å². The van der Waals surface area contributed by atoms with Gasteiger partial charge in [-0.15, -0.1) is 0 Å². The molecule has 0 spiro atoms. The van der Waals surface area contributed by atoms with Crippen molar-refractivity contribution in [2.75, 3.05) is 24.5 Å². The number of piperazine rings is 1. The van der Waals surface area contributed by atoms with Gasteiger partial charge in [0.1, 0.15) is 11.6 Å². The van der Waals surface area contributed by atoms with Gasteiger partial charge in [0, 0.05) is 51.2 Å². The lowest BCUT2D eigenvalue weighted by atomic mass is 9.72. The molecule has 1 aliphatic carbocycles. The molecule has 8 rings (SSSR count). The normalized spacial score (nSPS) is 27.9. The Balaban J connectivity index is 1.08. The molecular formula is C34H40F2N4O2. The van der Waals surface area contributed by atoms with Crippen LogP contribution in [-0.2, 0) is 22.7 Å². The molecule has 0 saturated carbocycles. The molecule has 42 heavy (non-hydrogen) atoms. The second-order valence-corrected chi connectivity index (χ2v) is 13.8. The van der Waals surface area contributed by atoms with Crippen molar-refractivity contribution in [2.45, 2.75) is 90.0 Å². The van der Waals surface area contributed by atoms with Crippen LogP contribution in [0.15, 0.2) is 42.0 Å². The molecule has 2 amide bonds. The summed E-state index contributed by atoms with van der Waals surface area (Å²) in [5.41, 5.74) is 6.89. The second-order valence-electron chi connectivity index (χ2n) is 13.8. The molecule has 2 bridgehead atoms. The van der Waals surface area contributed by atoms with Crippen LogP contribution in [0.5, 0.6) is 0 Å².